The predicted octanol–water partition coefficient (Wildman–Crippen LogP) is 5.13. The molecule has 10 nitrogen and oxygen atoms in total. The van der Waals surface area contributed by atoms with Crippen LogP contribution in [0.4, 0.5) is 8.78 Å². The van der Waals surface area contributed by atoms with Crippen molar-refractivity contribution in [3.63, 3.8) is 0 Å². The van der Waals surface area contributed by atoms with Crippen molar-refractivity contribution in [2.75, 3.05) is 0 Å². The maximum atomic E-state index is 13.3. The zero-order chi connectivity index (χ0) is 28.6. The van der Waals surface area contributed by atoms with Crippen LogP contribution >= 0.6 is 45.2 Å². The third-order valence-electron chi connectivity index (χ3n) is 5.57. The van der Waals surface area contributed by atoms with Crippen molar-refractivity contribution in [1.82, 2.24) is 29.5 Å². The Hall–Kier alpha value is -4.06. The number of halogens is 4. The number of carbonyl (C=O) groups excluding carboxylic acids is 1. The Labute approximate surface area is 251 Å². The Morgan fingerprint density at radius 1 is 0.725 bits per heavy atom. The molecule has 40 heavy (non-hydrogen) atoms. The molecule has 200 valence electrons. The molecule has 0 unspecified atom stereocenters. The summed E-state index contributed by atoms with van der Waals surface area (Å²) in [6.45, 7) is 0. The number of aromatic carboxylic acids is 1. The number of carboxylic acids is 1. The highest BCUT2D eigenvalue weighted by molar-refractivity contribution is 14.1. The van der Waals surface area contributed by atoms with E-state index in [1.807, 2.05) is 12.1 Å². The highest BCUT2D eigenvalue weighted by Crippen LogP contribution is 2.24. The van der Waals surface area contributed by atoms with Crippen molar-refractivity contribution in [3.05, 3.63) is 103 Å². The first-order valence-electron chi connectivity index (χ1n) is 11.3. The summed E-state index contributed by atoms with van der Waals surface area (Å²) in [5.74, 6) is -1.83. The number of amides is 1. The van der Waals surface area contributed by atoms with Crippen LogP contribution in [0.5, 0.6) is 0 Å². The molecule has 3 N–H and O–H groups in total. The summed E-state index contributed by atoms with van der Waals surface area (Å²) in [7, 11) is 0. The van der Waals surface area contributed by atoms with Crippen LogP contribution in [0.2, 0.25) is 0 Å². The largest absolute Gasteiger partial charge is 0.476 e. The van der Waals surface area contributed by atoms with E-state index in [4.69, 9.17) is 10.8 Å². The second-order valence-electron chi connectivity index (χ2n) is 8.18. The van der Waals surface area contributed by atoms with E-state index in [1.165, 1.54) is 33.6 Å². The van der Waals surface area contributed by atoms with E-state index < -0.39 is 23.5 Å². The summed E-state index contributed by atoms with van der Waals surface area (Å²) in [5.41, 5.74) is 6.20. The Morgan fingerprint density at radius 2 is 1.18 bits per heavy atom. The molecule has 0 radical (unpaired) electrons. The maximum Gasteiger partial charge on any atom is 0.357 e. The number of fused-ring (bicyclic) bond motifs is 2. The van der Waals surface area contributed by atoms with Gasteiger partial charge < -0.3 is 10.8 Å². The van der Waals surface area contributed by atoms with E-state index >= 15 is 0 Å². The second kappa shape index (κ2) is 11.2. The van der Waals surface area contributed by atoms with Gasteiger partial charge in [-0.3, -0.25) is 4.79 Å². The number of hydrogen-bond acceptors (Lipinski definition) is 6. The number of benzene rings is 2. The first-order valence-corrected chi connectivity index (χ1v) is 13.4. The molecule has 0 saturated heterocycles. The number of carbonyl (C=O) groups is 2. The Kier molecular flexibility index (Phi) is 7.70. The van der Waals surface area contributed by atoms with Gasteiger partial charge in [-0.1, -0.05) is 0 Å². The lowest BCUT2D eigenvalue weighted by Gasteiger charge is -2.02. The van der Waals surface area contributed by atoms with Gasteiger partial charge in [-0.15, -0.1) is 0 Å². The van der Waals surface area contributed by atoms with Crippen molar-refractivity contribution >= 4 is 78.9 Å². The van der Waals surface area contributed by atoms with Crippen molar-refractivity contribution in [2.45, 2.75) is 0 Å². The topological polar surface area (TPSA) is 142 Å². The highest BCUT2D eigenvalue weighted by Gasteiger charge is 2.19. The lowest BCUT2D eigenvalue weighted by atomic mass is 10.2. The van der Waals surface area contributed by atoms with Gasteiger partial charge in [-0.25, -0.2) is 32.9 Å². The van der Waals surface area contributed by atoms with E-state index in [0.717, 1.165) is 13.2 Å². The first-order chi connectivity index (χ1) is 19.1. The average Bonchev–Trinajstić information content (AvgIpc) is 3.48. The van der Waals surface area contributed by atoms with Gasteiger partial charge in [0.1, 0.15) is 11.6 Å². The molecule has 1 amide bonds. The van der Waals surface area contributed by atoms with E-state index in [-0.39, 0.29) is 16.8 Å². The summed E-state index contributed by atoms with van der Waals surface area (Å²) in [4.78, 5) is 31.0. The number of carboxylic acid groups (broad SMARTS) is 1. The Morgan fingerprint density at radius 3 is 1.60 bits per heavy atom. The number of pyridine rings is 2. The molecule has 0 bridgehead atoms. The molecular formula is C26H15F2I2N7O3. The van der Waals surface area contributed by atoms with Gasteiger partial charge in [0.15, 0.2) is 23.0 Å². The molecule has 6 rings (SSSR count). The number of nitrogens with two attached hydrogens (primary N) is 1. The Bertz CT molecular complexity index is 1800. The molecule has 0 atom stereocenters. The number of rotatable bonds is 4. The standard InChI is InChI=1S/C13H8FIN4O.C13H7FIN3O2/c14-7-1-2-10-9(5-7)12(13(16)20)18-19(10)11-6-8(15)3-4-17-11;14-7-1-2-10-9(5-7)12(13(19)20)17-18(10)11-6-8(15)3-4-16-11/h1-6H,(H2,16,20);1-6H,(H,19,20). The van der Waals surface area contributed by atoms with Crippen molar-refractivity contribution in [3.8, 4) is 11.6 Å². The van der Waals surface area contributed by atoms with E-state index in [0.29, 0.717) is 28.1 Å². The lowest BCUT2D eigenvalue weighted by Crippen LogP contribution is -2.12. The molecule has 6 aromatic rings. The number of aromatic nitrogens is 6. The zero-order valence-electron chi connectivity index (χ0n) is 20.0. The minimum absolute atomic E-state index is 0.0279. The van der Waals surface area contributed by atoms with Crippen LogP contribution < -0.4 is 5.73 Å². The van der Waals surface area contributed by atoms with Crippen LogP contribution in [-0.4, -0.2) is 46.5 Å². The number of nitrogens with zero attached hydrogens (tertiary/aromatic N) is 6. The van der Waals surface area contributed by atoms with Gasteiger partial charge in [0.25, 0.3) is 5.91 Å². The summed E-state index contributed by atoms with van der Waals surface area (Å²) >= 11 is 4.27. The first kappa shape index (κ1) is 27.5. The fourth-order valence-electron chi connectivity index (χ4n) is 3.89. The summed E-state index contributed by atoms with van der Waals surface area (Å²) < 4.78 is 31.5. The van der Waals surface area contributed by atoms with Crippen LogP contribution in [0.3, 0.4) is 0 Å². The molecule has 0 fully saturated rings. The average molecular weight is 765 g/mol. The van der Waals surface area contributed by atoms with Gasteiger partial charge in [-0.2, -0.15) is 10.2 Å². The van der Waals surface area contributed by atoms with Gasteiger partial charge in [0.2, 0.25) is 0 Å². The SMILES string of the molecule is NC(=O)c1nn(-c2cc(I)ccn2)c2ccc(F)cc12.O=C(O)c1nn(-c2cc(I)ccn2)c2ccc(F)cc12. The molecule has 4 heterocycles. The van der Waals surface area contributed by atoms with E-state index in [2.05, 4.69) is 65.3 Å². The molecule has 14 heteroatoms. The highest BCUT2D eigenvalue weighted by atomic mass is 127. The van der Waals surface area contributed by atoms with Gasteiger partial charge in [0, 0.05) is 30.3 Å². The maximum absolute atomic E-state index is 13.3. The monoisotopic (exact) mass is 765 g/mol. The number of hydrogen-bond donors (Lipinski definition) is 2. The van der Waals surface area contributed by atoms with Crippen LogP contribution in [-0.2, 0) is 0 Å². The Balaban J connectivity index is 0.000000161. The van der Waals surface area contributed by atoms with Crippen LogP contribution in [0, 0.1) is 18.8 Å². The zero-order valence-corrected chi connectivity index (χ0v) is 24.3. The fourth-order valence-corrected chi connectivity index (χ4v) is 4.77. The summed E-state index contributed by atoms with van der Waals surface area (Å²) in [5, 5.41) is 18.0. The molecule has 0 saturated carbocycles. The summed E-state index contributed by atoms with van der Waals surface area (Å²) in [6.07, 6.45) is 3.24. The van der Waals surface area contributed by atoms with Gasteiger partial charge >= 0.3 is 5.97 Å². The van der Waals surface area contributed by atoms with Crippen LogP contribution in [0.1, 0.15) is 21.0 Å². The van der Waals surface area contributed by atoms with E-state index in [9.17, 15) is 18.4 Å². The molecule has 0 aliphatic rings. The molecule has 0 aliphatic heterocycles. The number of primary amides is 1. The normalized spacial score (nSPS) is 10.9. The minimum Gasteiger partial charge on any atom is -0.476 e. The van der Waals surface area contributed by atoms with E-state index in [1.54, 1.807) is 30.6 Å². The molecule has 4 aromatic heterocycles. The lowest BCUT2D eigenvalue weighted by molar-refractivity contribution is 0.0691. The van der Waals surface area contributed by atoms with Gasteiger partial charge in [-0.05, 0) is 106 Å². The molecular weight excluding hydrogens is 750 g/mol. The smallest absolute Gasteiger partial charge is 0.357 e. The third kappa shape index (κ3) is 5.48. The second-order valence-corrected chi connectivity index (χ2v) is 10.7. The van der Waals surface area contributed by atoms with Crippen molar-refractivity contribution < 1.29 is 23.5 Å². The van der Waals surface area contributed by atoms with Crippen LogP contribution in [0.25, 0.3) is 33.4 Å². The van der Waals surface area contributed by atoms with Crippen molar-refractivity contribution in [2.24, 2.45) is 5.73 Å². The molecule has 0 aliphatic carbocycles. The summed E-state index contributed by atoms with van der Waals surface area (Å²) in [6, 6.07) is 15.2. The quantitative estimate of drug-likeness (QED) is 0.237. The van der Waals surface area contributed by atoms with Gasteiger partial charge in [0.05, 0.1) is 11.0 Å². The predicted molar refractivity (Wildman–Crippen MR) is 159 cm³/mol. The van der Waals surface area contributed by atoms with Crippen molar-refractivity contribution in [1.29, 1.82) is 0 Å². The fraction of sp³-hybridized carbons (Fsp3) is 0. The third-order valence-corrected chi connectivity index (χ3v) is 6.91. The molecule has 2 aromatic carbocycles. The molecule has 0 spiro atoms. The minimum atomic E-state index is -1.20. The van der Waals surface area contributed by atoms with Crippen LogP contribution in [0.15, 0.2) is 73.1 Å².